The van der Waals surface area contributed by atoms with Crippen molar-refractivity contribution in [2.24, 2.45) is 11.3 Å². The summed E-state index contributed by atoms with van der Waals surface area (Å²) in [6, 6.07) is -0.936. The van der Waals surface area contributed by atoms with E-state index in [4.69, 9.17) is 4.74 Å². The Morgan fingerprint density at radius 2 is 1.50 bits per heavy atom. The Labute approximate surface area is 155 Å². The minimum absolute atomic E-state index is 0.280. The minimum Gasteiger partial charge on any atom is -0.481 e. The Bertz CT molecular complexity index is 543. The van der Waals surface area contributed by atoms with Gasteiger partial charge in [-0.1, -0.05) is 20.8 Å². The summed E-state index contributed by atoms with van der Waals surface area (Å²) in [5, 5.41) is 11.9. The van der Waals surface area contributed by atoms with Gasteiger partial charge < -0.3 is 20.1 Å². The van der Waals surface area contributed by atoms with Crippen molar-refractivity contribution in [1.82, 2.24) is 10.2 Å². The average molecular weight is 372 g/mol. The predicted octanol–water partition coefficient (Wildman–Crippen LogP) is 2.06. The van der Waals surface area contributed by atoms with E-state index in [0.29, 0.717) is 0 Å². The number of aliphatic carboxylic acids is 1. The third kappa shape index (κ3) is 8.82. The van der Waals surface area contributed by atoms with Gasteiger partial charge in [0, 0.05) is 26.9 Å². The summed E-state index contributed by atoms with van der Waals surface area (Å²) in [6.45, 7) is 10.4. The number of nitrogens with zero attached hydrogens (tertiary/aromatic N) is 1. The number of carbonyl (C=O) groups is 4. The third-order valence-electron chi connectivity index (χ3n) is 3.57. The first-order valence-corrected chi connectivity index (χ1v) is 8.49. The number of carboxylic acids is 1. The highest BCUT2D eigenvalue weighted by molar-refractivity contribution is 5.92. The van der Waals surface area contributed by atoms with E-state index in [1.165, 1.54) is 19.0 Å². The van der Waals surface area contributed by atoms with Crippen molar-refractivity contribution in [3.8, 4) is 0 Å². The van der Waals surface area contributed by atoms with E-state index in [0.717, 1.165) is 0 Å². The largest absolute Gasteiger partial charge is 0.481 e. The van der Waals surface area contributed by atoms with E-state index in [1.807, 2.05) is 0 Å². The average Bonchev–Trinajstić information content (AvgIpc) is 2.40. The molecule has 0 bridgehead atoms. The van der Waals surface area contributed by atoms with Crippen LogP contribution in [0.2, 0.25) is 0 Å². The van der Waals surface area contributed by atoms with Gasteiger partial charge in [-0.2, -0.15) is 0 Å². The van der Waals surface area contributed by atoms with Crippen LogP contribution in [0.25, 0.3) is 0 Å². The maximum absolute atomic E-state index is 12.7. The van der Waals surface area contributed by atoms with Crippen molar-refractivity contribution >= 4 is 23.8 Å². The first-order chi connectivity index (χ1) is 11.5. The number of alkyl carbamates (subject to hydrolysis) is 1. The van der Waals surface area contributed by atoms with Crippen molar-refractivity contribution in [2.75, 3.05) is 14.1 Å². The summed E-state index contributed by atoms with van der Waals surface area (Å²) >= 11 is 0. The van der Waals surface area contributed by atoms with Gasteiger partial charge in [-0.05, 0) is 26.2 Å². The fourth-order valence-electron chi connectivity index (χ4n) is 2.21. The molecule has 150 valence electrons. The molecule has 8 nitrogen and oxygen atoms in total. The molecule has 0 aliphatic rings. The summed E-state index contributed by atoms with van der Waals surface area (Å²) in [5.74, 6) is -3.21. The Kier molecular flexibility index (Phi) is 8.27. The molecule has 0 aromatic carbocycles. The van der Waals surface area contributed by atoms with Gasteiger partial charge in [0.25, 0.3) is 0 Å². The third-order valence-corrected chi connectivity index (χ3v) is 3.57. The van der Waals surface area contributed by atoms with Gasteiger partial charge in [0.05, 0.1) is 12.0 Å². The van der Waals surface area contributed by atoms with Crippen LogP contribution in [0.1, 0.15) is 54.4 Å². The van der Waals surface area contributed by atoms with Gasteiger partial charge in [0.2, 0.25) is 5.91 Å². The number of amides is 2. The summed E-state index contributed by atoms with van der Waals surface area (Å²) in [5.41, 5.74) is -1.38. The van der Waals surface area contributed by atoms with Crippen molar-refractivity contribution in [3.05, 3.63) is 0 Å². The van der Waals surface area contributed by atoms with E-state index in [9.17, 15) is 24.3 Å². The highest BCUT2D eigenvalue weighted by Crippen LogP contribution is 2.24. The van der Waals surface area contributed by atoms with Crippen LogP contribution in [0, 0.1) is 11.3 Å². The van der Waals surface area contributed by atoms with Gasteiger partial charge in [-0.15, -0.1) is 0 Å². The molecule has 0 saturated heterocycles. The van der Waals surface area contributed by atoms with Crippen LogP contribution in [0.3, 0.4) is 0 Å². The molecule has 0 aromatic heterocycles. The van der Waals surface area contributed by atoms with Gasteiger partial charge in [-0.25, -0.2) is 4.79 Å². The van der Waals surface area contributed by atoms with E-state index in [2.05, 4.69) is 5.32 Å². The lowest BCUT2D eigenvalue weighted by atomic mass is 9.81. The maximum Gasteiger partial charge on any atom is 0.408 e. The second kappa shape index (κ2) is 9.00. The summed E-state index contributed by atoms with van der Waals surface area (Å²) in [7, 11) is 3.04. The molecule has 0 fully saturated rings. The van der Waals surface area contributed by atoms with Crippen LogP contribution < -0.4 is 5.32 Å². The van der Waals surface area contributed by atoms with Gasteiger partial charge in [0.15, 0.2) is 5.78 Å². The Balaban J connectivity index is 5.26. The molecule has 8 heteroatoms. The summed E-state index contributed by atoms with van der Waals surface area (Å²) < 4.78 is 5.18. The zero-order valence-corrected chi connectivity index (χ0v) is 17.0. The minimum atomic E-state index is -1.22. The summed E-state index contributed by atoms with van der Waals surface area (Å²) in [6.07, 6.45) is -1.38. The van der Waals surface area contributed by atoms with Crippen LogP contribution in [0.5, 0.6) is 0 Å². The van der Waals surface area contributed by atoms with Crippen LogP contribution in [0.15, 0.2) is 0 Å². The highest BCUT2D eigenvalue weighted by Gasteiger charge is 2.36. The van der Waals surface area contributed by atoms with Gasteiger partial charge >= 0.3 is 12.1 Å². The molecule has 2 N–H and O–H groups in total. The lowest BCUT2D eigenvalue weighted by molar-refractivity contribution is -0.147. The fraction of sp³-hybridized carbons (Fsp3) is 0.778. The van der Waals surface area contributed by atoms with E-state index < -0.39 is 40.8 Å². The van der Waals surface area contributed by atoms with Crippen LogP contribution in [-0.2, 0) is 19.1 Å². The first-order valence-electron chi connectivity index (χ1n) is 8.49. The topological polar surface area (TPSA) is 113 Å². The summed E-state index contributed by atoms with van der Waals surface area (Å²) in [4.78, 5) is 49.3. The molecular formula is C18H32N2O6. The molecule has 0 aliphatic carbocycles. The number of ketones is 1. The molecule has 0 aliphatic heterocycles. The Hall–Kier alpha value is -2.12. The van der Waals surface area contributed by atoms with Crippen molar-refractivity contribution in [2.45, 2.75) is 66.0 Å². The molecule has 0 heterocycles. The zero-order chi connectivity index (χ0) is 20.9. The molecular weight excluding hydrogens is 340 g/mol. The van der Waals surface area contributed by atoms with Gasteiger partial charge in [-0.3, -0.25) is 14.4 Å². The Morgan fingerprint density at radius 3 is 1.85 bits per heavy atom. The van der Waals surface area contributed by atoms with E-state index in [1.54, 1.807) is 41.5 Å². The molecule has 0 aromatic rings. The SMILES string of the molecule is CN(C)C(=O)C[C@H](CC(=O)[C@@H](NC(=O)OC(C)(C)C)C(C)(C)C)C(=O)O. The van der Waals surface area contributed by atoms with E-state index >= 15 is 0 Å². The second-order valence-electron chi connectivity index (χ2n) is 8.64. The van der Waals surface area contributed by atoms with Crippen LogP contribution in [-0.4, -0.2) is 59.5 Å². The number of carbonyl (C=O) groups excluding carboxylic acids is 3. The molecule has 26 heavy (non-hydrogen) atoms. The number of hydrogen-bond donors (Lipinski definition) is 2. The molecule has 0 spiro atoms. The predicted molar refractivity (Wildman–Crippen MR) is 96.7 cm³/mol. The van der Waals surface area contributed by atoms with Crippen molar-refractivity contribution in [3.63, 3.8) is 0 Å². The smallest absolute Gasteiger partial charge is 0.408 e. The Morgan fingerprint density at radius 1 is 1.00 bits per heavy atom. The van der Waals surface area contributed by atoms with Crippen LogP contribution >= 0.6 is 0 Å². The van der Waals surface area contributed by atoms with Gasteiger partial charge in [0.1, 0.15) is 5.60 Å². The lowest BCUT2D eigenvalue weighted by Crippen LogP contribution is -2.51. The number of ether oxygens (including phenoxy) is 1. The highest BCUT2D eigenvalue weighted by atomic mass is 16.6. The molecule has 0 rings (SSSR count). The maximum atomic E-state index is 12.7. The number of nitrogens with one attached hydrogen (secondary N) is 1. The normalized spacial score (nSPS) is 14.2. The molecule has 0 unspecified atom stereocenters. The fourth-order valence-corrected chi connectivity index (χ4v) is 2.21. The molecule has 2 atom stereocenters. The monoisotopic (exact) mass is 372 g/mol. The number of hydrogen-bond acceptors (Lipinski definition) is 5. The number of rotatable bonds is 7. The molecule has 0 radical (unpaired) electrons. The van der Waals surface area contributed by atoms with Crippen molar-refractivity contribution in [1.29, 1.82) is 0 Å². The molecule has 0 saturated carbocycles. The second-order valence-corrected chi connectivity index (χ2v) is 8.64. The number of Topliss-reactive ketones (excluding diaryl/α,β-unsaturated/α-hetero) is 1. The molecule has 2 amide bonds. The van der Waals surface area contributed by atoms with Crippen molar-refractivity contribution < 1.29 is 29.0 Å². The first kappa shape index (κ1) is 23.9. The zero-order valence-electron chi connectivity index (χ0n) is 17.0. The standard InChI is InChI=1S/C18H32N2O6/c1-17(2,3)14(19-16(25)26-18(4,5)6)12(21)9-11(15(23)24)10-13(22)20(7)8/h11,14H,9-10H2,1-8H3,(H,19,25)(H,23,24)/t11-,14+/m0/s1. The lowest BCUT2D eigenvalue weighted by Gasteiger charge is -2.32. The number of carboxylic acid groups (broad SMARTS) is 1. The van der Waals surface area contributed by atoms with E-state index in [-0.39, 0.29) is 18.7 Å². The quantitative estimate of drug-likeness (QED) is 0.707. The van der Waals surface area contributed by atoms with Crippen LogP contribution in [0.4, 0.5) is 4.79 Å².